The average Bonchev–Trinajstić information content (AvgIpc) is 2.33. The fourth-order valence-electron chi connectivity index (χ4n) is 1.87. The largest absolute Gasteiger partial charge is 0.398 e. The second-order valence-electron chi connectivity index (χ2n) is 4.32. The van der Waals surface area contributed by atoms with Gasteiger partial charge in [0, 0.05) is 12.2 Å². The van der Waals surface area contributed by atoms with E-state index < -0.39 is 9.84 Å². The first-order chi connectivity index (χ1) is 8.42. The van der Waals surface area contributed by atoms with Crippen molar-refractivity contribution in [3.8, 4) is 0 Å². The Morgan fingerprint density at radius 3 is 2.39 bits per heavy atom. The monoisotopic (exact) mass is 270 g/mol. The number of nitrogen functional groups attached to an aromatic ring is 1. The Balaban J connectivity index is 2.90. The topological polar surface area (TPSA) is 63.4 Å². The molecule has 0 heterocycles. The van der Waals surface area contributed by atoms with Crippen LogP contribution in [0.3, 0.4) is 0 Å². The summed E-state index contributed by atoms with van der Waals surface area (Å²) in [6.07, 6.45) is 0. The molecule has 102 valence electrons. The number of rotatable bonds is 6. The van der Waals surface area contributed by atoms with Gasteiger partial charge in [0.05, 0.1) is 10.6 Å². The van der Waals surface area contributed by atoms with Crippen LogP contribution in [0.5, 0.6) is 0 Å². The molecule has 0 spiro atoms. The third-order valence-electron chi connectivity index (χ3n) is 3.23. The lowest BCUT2D eigenvalue weighted by Gasteiger charge is -2.18. The number of sulfone groups is 1. The molecule has 1 rings (SSSR count). The fourth-order valence-corrected chi connectivity index (χ4v) is 3.46. The maximum atomic E-state index is 12.3. The summed E-state index contributed by atoms with van der Waals surface area (Å²) in [6, 6.07) is 5.04. The second kappa shape index (κ2) is 6.20. The van der Waals surface area contributed by atoms with Gasteiger partial charge < -0.3 is 10.6 Å². The van der Waals surface area contributed by atoms with E-state index in [1.807, 2.05) is 13.8 Å². The van der Waals surface area contributed by atoms with Crippen LogP contribution in [0.4, 0.5) is 5.69 Å². The van der Waals surface area contributed by atoms with Gasteiger partial charge in [0.2, 0.25) is 0 Å². The van der Waals surface area contributed by atoms with Crippen molar-refractivity contribution in [1.29, 1.82) is 0 Å². The van der Waals surface area contributed by atoms with Crippen LogP contribution in [0, 0.1) is 6.92 Å². The van der Waals surface area contributed by atoms with E-state index in [1.165, 1.54) is 0 Å². The van der Waals surface area contributed by atoms with Gasteiger partial charge in [0.25, 0.3) is 0 Å². The molecule has 0 saturated carbocycles. The zero-order valence-electron chi connectivity index (χ0n) is 11.3. The van der Waals surface area contributed by atoms with Crippen molar-refractivity contribution in [2.45, 2.75) is 25.7 Å². The zero-order valence-corrected chi connectivity index (χ0v) is 12.1. The summed E-state index contributed by atoms with van der Waals surface area (Å²) >= 11 is 0. The standard InChI is InChI=1S/C13H22N2O2S/c1-4-15(5-2)9-10-18(16,17)13-8-6-7-12(14)11(13)3/h6-8H,4-5,9-10,14H2,1-3H3. The summed E-state index contributed by atoms with van der Waals surface area (Å²) in [5.74, 6) is 0.138. The van der Waals surface area contributed by atoms with Crippen molar-refractivity contribution in [2.75, 3.05) is 31.1 Å². The van der Waals surface area contributed by atoms with Crippen LogP contribution in [0.25, 0.3) is 0 Å². The Kier molecular flexibility index (Phi) is 5.16. The van der Waals surface area contributed by atoms with Gasteiger partial charge in [-0.05, 0) is 37.7 Å². The normalized spacial score (nSPS) is 12.0. The molecular formula is C13H22N2O2S. The van der Waals surface area contributed by atoms with E-state index in [9.17, 15) is 8.42 Å². The minimum Gasteiger partial charge on any atom is -0.398 e. The van der Waals surface area contributed by atoms with Crippen LogP contribution in [0.15, 0.2) is 23.1 Å². The number of anilines is 1. The van der Waals surface area contributed by atoms with E-state index in [-0.39, 0.29) is 5.75 Å². The maximum Gasteiger partial charge on any atom is 0.179 e. The highest BCUT2D eigenvalue weighted by molar-refractivity contribution is 7.91. The Labute approximate surface area is 110 Å². The van der Waals surface area contributed by atoms with Crippen LogP contribution >= 0.6 is 0 Å². The van der Waals surface area contributed by atoms with E-state index in [0.29, 0.717) is 22.7 Å². The first-order valence-electron chi connectivity index (χ1n) is 6.22. The maximum absolute atomic E-state index is 12.3. The molecule has 0 atom stereocenters. The average molecular weight is 270 g/mol. The summed E-state index contributed by atoms with van der Waals surface area (Å²) in [4.78, 5) is 2.45. The van der Waals surface area contributed by atoms with Crippen LogP contribution in [0.2, 0.25) is 0 Å². The van der Waals surface area contributed by atoms with Gasteiger partial charge in [-0.15, -0.1) is 0 Å². The molecule has 2 N–H and O–H groups in total. The highest BCUT2D eigenvalue weighted by Gasteiger charge is 2.18. The molecule has 18 heavy (non-hydrogen) atoms. The molecule has 0 aromatic heterocycles. The third-order valence-corrected chi connectivity index (χ3v) is 5.06. The lowest BCUT2D eigenvalue weighted by molar-refractivity contribution is 0.321. The van der Waals surface area contributed by atoms with E-state index in [4.69, 9.17) is 5.73 Å². The number of benzene rings is 1. The van der Waals surface area contributed by atoms with Crippen LogP contribution in [0.1, 0.15) is 19.4 Å². The highest BCUT2D eigenvalue weighted by atomic mass is 32.2. The van der Waals surface area contributed by atoms with Crippen molar-refractivity contribution >= 4 is 15.5 Å². The van der Waals surface area contributed by atoms with E-state index in [0.717, 1.165) is 13.1 Å². The molecule has 5 heteroatoms. The first kappa shape index (κ1) is 15.0. The van der Waals surface area contributed by atoms with Gasteiger partial charge in [-0.2, -0.15) is 0 Å². The second-order valence-corrected chi connectivity index (χ2v) is 6.39. The minimum atomic E-state index is -3.25. The summed E-state index contributed by atoms with van der Waals surface area (Å²) in [5.41, 5.74) is 6.93. The number of hydrogen-bond acceptors (Lipinski definition) is 4. The van der Waals surface area contributed by atoms with Crippen LogP contribution in [-0.4, -0.2) is 38.7 Å². The summed E-state index contributed by atoms with van der Waals surface area (Å²) in [7, 11) is -3.25. The number of hydrogen-bond donors (Lipinski definition) is 1. The molecule has 0 radical (unpaired) electrons. The SMILES string of the molecule is CCN(CC)CCS(=O)(=O)c1cccc(N)c1C. The zero-order chi connectivity index (χ0) is 13.8. The van der Waals surface area contributed by atoms with Crippen LogP contribution in [-0.2, 0) is 9.84 Å². The predicted molar refractivity (Wildman–Crippen MR) is 75.4 cm³/mol. The Morgan fingerprint density at radius 2 is 1.83 bits per heavy atom. The Bertz CT molecular complexity index is 494. The Morgan fingerprint density at radius 1 is 1.22 bits per heavy atom. The van der Waals surface area contributed by atoms with Crippen molar-refractivity contribution in [1.82, 2.24) is 4.90 Å². The van der Waals surface area contributed by atoms with Gasteiger partial charge in [-0.3, -0.25) is 0 Å². The molecule has 0 bridgehead atoms. The quantitative estimate of drug-likeness (QED) is 0.799. The molecule has 0 unspecified atom stereocenters. The number of nitrogens with zero attached hydrogens (tertiary/aromatic N) is 1. The van der Waals surface area contributed by atoms with E-state index in [2.05, 4.69) is 4.90 Å². The summed E-state index contributed by atoms with van der Waals surface area (Å²) in [5, 5.41) is 0. The van der Waals surface area contributed by atoms with Gasteiger partial charge >= 0.3 is 0 Å². The molecule has 0 amide bonds. The molecule has 0 fully saturated rings. The third kappa shape index (κ3) is 3.46. The van der Waals surface area contributed by atoms with E-state index in [1.54, 1.807) is 25.1 Å². The van der Waals surface area contributed by atoms with Gasteiger partial charge in [0.15, 0.2) is 9.84 Å². The molecule has 0 aliphatic carbocycles. The van der Waals surface area contributed by atoms with Gasteiger partial charge in [0.1, 0.15) is 0 Å². The summed E-state index contributed by atoms with van der Waals surface area (Å²) < 4.78 is 24.5. The van der Waals surface area contributed by atoms with Crippen molar-refractivity contribution in [3.63, 3.8) is 0 Å². The van der Waals surface area contributed by atoms with Gasteiger partial charge in [-0.25, -0.2) is 8.42 Å². The smallest absolute Gasteiger partial charge is 0.179 e. The fraction of sp³-hybridized carbons (Fsp3) is 0.538. The molecule has 4 nitrogen and oxygen atoms in total. The minimum absolute atomic E-state index is 0.138. The van der Waals surface area contributed by atoms with Crippen LogP contribution < -0.4 is 5.73 Å². The molecule has 0 aliphatic heterocycles. The van der Waals surface area contributed by atoms with Gasteiger partial charge in [-0.1, -0.05) is 19.9 Å². The molecule has 0 aliphatic rings. The van der Waals surface area contributed by atoms with Crippen molar-refractivity contribution in [3.05, 3.63) is 23.8 Å². The van der Waals surface area contributed by atoms with Crippen molar-refractivity contribution < 1.29 is 8.42 Å². The summed E-state index contributed by atoms with van der Waals surface area (Å²) in [6.45, 7) is 8.09. The first-order valence-corrected chi connectivity index (χ1v) is 7.87. The highest BCUT2D eigenvalue weighted by Crippen LogP contribution is 2.21. The van der Waals surface area contributed by atoms with E-state index >= 15 is 0 Å². The van der Waals surface area contributed by atoms with Crippen molar-refractivity contribution in [2.24, 2.45) is 0 Å². The number of nitrogens with two attached hydrogens (primary N) is 1. The molecular weight excluding hydrogens is 248 g/mol. The lowest BCUT2D eigenvalue weighted by atomic mass is 10.2. The molecule has 1 aromatic rings. The molecule has 0 saturated heterocycles. The Hall–Kier alpha value is -1.07. The molecule has 1 aromatic carbocycles. The lowest BCUT2D eigenvalue weighted by Crippen LogP contribution is -2.29. The predicted octanol–water partition coefficient (Wildman–Crippen LogP) is 1.69.